The van der Waals surface area contributed by atoms with E-state index in [4.69, 9.17) is 17.3 Å². The lowest BCUT2D eigenvalue weighted by Crippen LogP contribution is -2.35. The van der Waals surface area contributed by atoms with Crippen LogP contribution in [0.3, 0.4) is 0 Å². The summed E-state index contributed by atoms with van der Waals surface area (Å²) < 4.78 is 1.90. The SMILES string of the molecule is CCn1cc(Cl)cc1C(=O)N1CC(CN)CC1C. The molecule has 2 N–H and O–H groups in total. The van der Waals surface area contributed by atoms with Crippen LogP contribution in [-0.4, -0.2) is 34.5 Å². The Morgan fingerprint density at radius 1 is 1.61 bits per heavy atom. The van der Waals surface area contributed by atoms with Crippen molar-refractivity contribution in [3.63, 3.8) is 0 Å². The highest BCUT2D eigenvalue weighted by Gasteiger charge is 2.33. The van der Waals surface area contributed by atoms with Gasteiger partial charge in [-0.05, 0) is 38.8 Å². The topological polar surface area (TPSA) is 51.3 Å². The monoisotopic (exact) mass is 269 g/mol. The molecule has 2 rings (SSSR count). The molecule has 100 valence electrons. The molecule has 1 fully saturated rings. The molecule has 1 amide bonds. The first kappa shape index (κ1) is 13.4. The average Bonchev–Trinajstić information content (AvgIpc) is 2.91. The van der Waals surface area contributed by atoms with Crippen LogP contribution in [-0.2, 0) is 6.54 Å². The Morgan fingerprint density at radius 3 is 2.89 bits per heavy atom. The van der Waals surface area contributed by atoms with E-state index in [1.807, 2.05) is 16.4 Å². The summed E-state index contributed by atoms with van der Waals surface area (Å²) in [4.78, 5) is 14.4. The van der Waals surface area contributed by atoms with Crippen molar-refractivity contribution in [2.24, 2.45) is 11.7 Å². The van der Waals surface area contributed by atoms with Crippen LogP contribution in [0.25, 0.3) is 0 Å². The van der Waals surface area contributed by atoms with Crippen molar-refractivity contribution >= 4 is 17.5 Å². The third kappa shape index (κ3) is 2.40. The molecule has 5 heteroatoms. The van der Waals surface area contributed by atoms with E-state index in [1.54, 1.807) is 12.3 Å². The third-order valence-corrected chi connectivity index (χ3v) is 3.89. The molecular weight excluding hydrogens is 250 g/mol. The Balaban J connectivity index is 2.21. The van der Waals surface area contributed by atoms with Gasteiger partial charge < -0.3 is 15.2 Å². The van der Waals surface area contributed by atoms with Gasteiger partial charge in [0.1, 0.15) is 5.69 Å². The van der Waals surface area contributed by atoms with Crippen LogP contribution in [0, 0.1) is 5.92 Å². The van der Waals surface area contributed by atoms with Crippen molar-refractivity contribution in [1.29, 1.82) is 0 Å². The lowest BCUT2D eigenvalue weighted by atomic mass is 10.1. The van der Waals surface area contributed by atoms with Gasteiger partial charge in [0.2, 0.25) is 0 Å². The van der Waals surface area contributed by atoms with Gasteiger partial charge in [0, 0.05) is 25.3 Å². The lowest BCUT2D eigenvalue weighted by Gasteiger charge is -2.22. The summed E-state index contributed by atoms with van der Waals surface area (Å²) in [5.74, 6) is 0.483. The highest BCUT2D eigenvalue weighted by atomic mass is 35.5. The average molecular weight is 270 g/mol. The van der Waals surface area contributed by atoms with Gasteiger partial charge in [-0.15, -0.1) is 0 Å². The van der Waals surface area contributed by atoms with Crippen LogP contribution in [0.5, 0.6) is 0 Å². The van der Waals surface area contributed by atoms with Crippen LogP contribution in [0.1, 0.15) is 30.8 Å². The number of carbonyl (C=O) groups is 1. The maximum atomic E-state index is 12.5. The molecule has 2 heterocycles. The zero-order valence-corrected chi connectivity index (χ0v) is 11.7. The van der Waals surface area contributed by atoms with Crippen LogP contribution < -0.4 is 5.73 Å². The van der Waals surface area contributed by atoms with Gasteiger partial charge in [-0.2, -0.15) is 0 Å². The normalized spacial score (nSPS) is 23.7. The van der Waals surface area contributed by atoms with Gasteiger partial charge in [0.15, 0.2) is 0 Å². The Labute approximate surface area is 113 Å². The molecule has 0 bridgehead atoms. The van der Waals surface area contributed by atoms with Crippen LogP contribution in [0.4, 0.5) is 0 Å². The molecule has 0 spiro atoms. The van der Waals surface area contributed by atoms with Crippen molar-refractivity contribution < 1.29 is 4.79 Å². The van der Waals surface area contributed by atoms with E-state index >= 15 is 0 Å². The number of halogens is 1. The number of likely N-dealkylation sites (tertiary alicyclic amines) is 1. The molecule has 1 aliphatic rings. The van der Waals surface area contributed by atoms with E-state index in [-0.39, 0.29) is 11.9 Å². The van der Waals surface area contributed by atoms with E-state index in [9.17, 15) is 4.79 Å². The van der Waals surface area contributed by atoms with Crippen molar-refractivity contribution in [3.05, 3.63) is 23.0 Å². The minimum Gasteiger partial charge on any atom is -0.342 e. The second-order valence-electron chi connectivity index (χ2n) is 4.97. The smallest absolute Gasteiger partial charge is 0.270 e. The highest BCUT2D eigenvalue weighted by molar-refractivity contribution is 6.31. The van der Waals surface area contributed by atoms with E-state index in [1.165, 1.54) is 0 Å². The number of hydrogen-bond acceptors (Lipinski definition) is 2. The molecule has 1 aliphatic heterocycles. The standard InChI is InChI=1S/C13H20ClN3O/c1-3-16-8-11(14)5-12(16)13(18)17-7-10(6-15)4-9(17)2/h5,8-10H,3-4,6-7,15H2,1-2H3. The van der Waals surface area contributed by atoms with Gasteiger partial charge >= 0.3 is 0 Å². The van der Waals surface area contributed by atoms with Crippen molar-refractivity contribution in [2.45, 2.75) is 32.9 Å². The van der Waals surface area contributed by atoms with Crippen molar-refractivity contribution in [3.8, 4) is 0 Å². The first-order chi connectivity index (χ1) is 8.56. The van der Waals surface area contributed by atoms with Crippen LogP contribution >= 0.6 is 11.6 Å². The van der Waals surface area contributed by atoms with E-state index in [0.29, 0.717) is 23.2 Å². The van der Waals surface area contributed by atoms with E-state index in [0.717, 1.165) is 19.5 Å². The van der Waals surface area contributed by atoms with Gasteiger partial charge in [0.25, 0.3) is 5.91 Å². The summed E-state index contributed by atoms with van der Waals surface area (Å²) in [5, 5.41) is 0.613. The summed E-state index contributed by atoms with van der Waals surface area (Å²) in [6, 6.07) is 2.00. The quantitative estimate of drug-likeness (QED) is 0.912. The second kappa shape index (κ2) is 5.33. The number of hydrogen-bond donors (Lipinski definition) is 1. The molecule has 1 aromatic heterocycles. The first-order valence-electron chi connectivity index (χ1n) is 6.43. The fourth-order valence-corrected chi connectivity index (χ4v) is 2.88. The molecule has 18 heavy (non-hydrogen) atoms. The molecule has 0 saturated carbocycles. The zero-order chi connectivity index (χ0) is 13.3. The number of aromatic nitrogens is 1. The fraction of sp³-hybridized carbons (Fsp3) is 0.615. The number of nitrogens with zero attached hydrogens (tertiary/aromatic N) is 2. The molecule has 0 aliphatic carbocycles. The molecule has 2 atom stereocenters. The molecule has 4 nitrogen and oxygen atoms in total. The number of rotatable bonds is 3. The van der Waals surface area contributed by atoms with Crippen molar-refractivity contribution in [2.75, 3.05) is 13.1 Å². The Hall–Kier alpha value is -1.00. The maximum Gasteiger partial charge on any atom is 0.270 e. The van der Waals surface area contributed by atoms with Crippen LogP contribution in [0.15, 0.2) is 12.3 Å². The number of aryl methyl sites for hydroxylation is 1. The Kier molecular flexibility index (Phi) is 3.97. The number of amides is 1. The minimum absolute atomic E-state index is 0.0622. The van der Waals surface area contributed by atoms with Crippen molar-refractivity contribution in [1.82, 2.24) is 9.47 Å². The third-order valence-electron chi connectivity index (χ3n) is 3.68. The van der Waals surface area contributed by atoms with Gasteiger partial charge in [-0.1, -0.05) is 11.6 Å². The second-order valence-corrected chi connectivity index (χ2v) is 5.41. The highest BCUT2D eigenvalue weighted by Crippen LogP contribution is 2.25. The van der Waals surface area contributed by atoms with Crippen LogP contribution in [0.2, 0.25) is 5.02 Å². The predicted molar refractivity (Wildman–Crippen MR) is 72.8 cm³/mol. The Morgan fingerprint density at radius 2 is 2.33 bits per heavy atom. The summed E-state index contributed by atoms with van der Waals surface area (Å²) >= 11 is 5.98. The molecular formula is C13H20ClN3O. The van der Waals surface area contributed by atoms with E-state index in [2.05, 4.69) is 6.92 Å². The summed E-state index contributed by atoms with van der Waals surface area (Å²) in [6.45, 7) is 6.22. The molecule has 0 aromatic carbocycles. The van der Waals surface area contributed by atoms with Gasteiger partial charge in [-0.3, -0.25) is 4.79 Å². The number of carbonyl (C=O) groups excluding carboxylic acids is 1. The molecule has 2 unspecified atom stereocenters. The Bertz CT molecular complexity index is 443. The van der Waals surface area contributed by atoms with Gasteiger partial charge in [0.05, 0.1) is 5.02 Å². The lowest BCUT2D eigenvalue weighted by molar-refractivity contribution is 0.0732. The molecule has 1 saturated heterocycles. The van der Waals surface area contributed by atoms with Gasteiger partial charge in [-0.25, -0.2) is 0 Å². The number of nitrogens with two attached hydrogens (primary N) is 1. The summed E-state index contributed by atoms with van der Waals surface area (Å²) in [6.07, 6.45) is 2.79. The molecule has 0 radical (unpaired) electrons. The minimum atomic E-state index is 0.0622. The van der Waals surface area contributed by atoms with E-state index < -0.39 is 0 Å². The largest absolute Gasteiger partial charge is 0.342 e. The predicted octanol–water partition coefficient (Wildman–Crippen LogP) is 1.97. The molecule has 1 aromatic rings. The summed E-state index contributed by atoms with van der Waals surface area (Å²) in [5.41, 5.74) is 6.37. The maximum absolute atomic E-state index is 12.5. The fourth-order valence-electron chi connectivity index (χ4n) is 2.66. The summed E-state index contributed by atoms with van der Waals surface area (Å²) in [7, 11) is 0. The first-order valence-corrected chi connectivity index (χ1v) is 6.81. The zero-order valence-electron chi connectivity index (χ0n) is 10.9.